The molecule has 110 valence electrons. The Balaban J connectivity index is 1.86. The highest BCUT2D eigenvalue weighted by molar-refractivity contribution is 5.75. The SMILES string of the molecule is COC[C@H](NC(=O)N1C[C@H]2CCCC[C@@H]2C1)C(C)C. The molecule has 0 spiro atoms. The van der Waals surface area contributed by atoms with Crippen molar-refractivity contribution >= 4 is 6.03 Å². The lowest BCUT2D eigenvalue weighted by molar-refractivity contribution is 0.140. The molecule has 2 aliphatic rings. The predicted octanol–water partition coefficient (Wildman–Crippen LogP) is 2.49. The highest BCUT2D eigenvalue weighted by Crippen LogP contribution is 2.35. The van der Waals surface area contributed by atoms with Crippen LogP contribution in [0.4, 0.5) is 4.79 Å². The number of fused-ring (bicyclic) bond motifs is 1. The van der Waals surface area contributed by atoms with Crippen LogP contribution in [0.15, 0.2) is 0 Å². The van der Waals surface area contributed by atoms with Gasteiger partial charge < -0.3 is 15.0 Å². The van der Waals surface area contributed by atoms with Crippen LogP contribution in [0.25, 0.3) is 0 Å². The standard InChI is InChI=1S/C15H28N2O2/c1-11(2)14(10-19-3)16-15(18)17-8-12-6-4-5-7-13(12)9-17/h11-14H,4-10H2,1-3H3,(H,16,18)/t12-,13-,14+/m1/s1. The minimum Gasteiger partial charge on any atom is -0.383 e. The summed E-state index contributed by atoms with van der Waals surface area (Å²) >= 11 is 0. The molecule has 0 aromatic rings. The molecule has 0 unspecified atom stereocenters. The molecule has 0 aromatic carbocycles. The van der Waals surface area contributed by atoms with E-state index in [4.69, 9.17) is 4.74 Å². The maximum atomic E-state index is 12.3. The van der Waals surface area contributed by atoms with Crippen molar-refractivity contribution in [3.05, 3.63) is 0 Å². The first-order chi connectivity index (χ1) is 9.11. The first kappa shape index (κ1) is 14.6. The zero-order valence-corrected chi connectivity index (χ0v) is 12.5. The molecule has 1 saturated carbocycles. The zero-order chi connectivity index (χ0) is 13.8. The lowest BCUT2D eigenvalue weighted by Crippen LogP contribution is -2.48. The van der Waals surface area contributed by atoms with Crippen molar-refractivity contribution < 1.29 is 9.53 Å². The molecule has 1 N–H and O–H groups in total. The molecule has 19 heavy (non-hydrogen) atoms. The Bertz CT molecular complexity index is 293. The van der Waals surface area contributed by atoms with E-state index in [1.165, 1.54) is 25.7 Å². The number of nitrogens with one attached hydrogen (secondary N) is 1. The van der Waals surface area contributed by atoms with Gasteiger partial charge in [0.2, 0.25) is 0 Å². The van der Waals surface area contributed by atoms with Crippen LogP contribution in [0, 0.1) is 17.8 Å². The van der Waals surface area contributed by atoms with Crippen LogP contribution in [0.2, 0.25) is 0 Å². The second kappa shape index (κ2) is 6.60. The molecule has 1 saturated heterocycles. The fourth-order valence-corrected chi connectivity index (χ4v) is 3.40. The van der Waals surface area contributed by atoms with Crippen molar-refractivity contribution in [3.63, 3.8) is 0 Å². The number of ether oxygens (including phenoxy) is 1. The van der Waals surface area contributed by atoms with Gasteiger partial charge in [0, 0.05) is 20.2 Å². The molecular formula is C15H28N2O2. The van der Waals surface area contributed by atoms with Crippen LogP contribution >= 0.6 is 0 Å². The highest BCUT2D eigenvalue weighted by atomic mass is 16.5. The second-order valence-corrected chi connectivity index (χ2v) is 6.46. The molecule has 1 aliphatic heterocycles. The van der Waals surface area contributed by atoms with Gasteiger partial charge in [0.1, 0.15) is 0 Å². The van der Waals surface area contributed by atoms with E-state index in [-0.39, 0.29) is 12.1 Å². The van der Waals surface area contributed by atoms with Gasteiger partial charge in [-0.1, -0.05) is 26.7 Å². The Morgan fingerprint density at radius 3 is 2.32 bits per heavy atom. The summed E-state index contributed by atoms with van der Waals surface area (Å²) in [6.07, 6.45) is 5.30. The van der Waals surface area contributed by atoms with Gasteiger partial charge in [-0.2, -0.15) is 0 Å². The van der Waals surface area contributed by atoms with Crippen LogP contribution in [-0.4, -0.2) is 43.8 Å². The molecule has 3 atom stereocenters. The van der Waals surface area contributed by atoms with Crippen molar-refractivity contribution in [2.24, 2.45) is 17.8 Å². The Hall–Kier alpha value is -0.770. The predicted molar refractivity (Wildman–Crippen MR) is 76.1 cm³/mol. The monoisotopic (exact) mass is 268 g/mol. The topological polar surface area (TPSA) is 41.6 Å². The molecule has 0 radical (unpaired) electrons. The summed E-state index contributed by atoms with van der Waals surface area (Å²) in [5, 5.41) is 3.13. The van der Waals surface area contributed by atoms with Gasteiger partial charge in [0.15, 0.2) is 0 Å². The van der Waals surface area contributed by atoms with E-state index in [0.29, 0.717) is 12.5 Å². The Morgan fingerprint density at radius 2 is 1.84 bits per heavy atom. The van der Waals surface area contributed by atoms with Gasteiger partial charge in [-0.15, -0.1) is 0 Å². The zero-order valence-electron chi connectivity index (χ0n) is 12.5. The summed E-state index contributed by atoms with van der Waals surface area (Å²) in [6.45, 7) is 6.73. The average Bonchev–Trinajstić information content (AvgIpc) is 2.81. The minimum atomic E-state index is 0.102. The maximum Gasteiger partial charge on any atom is 0.317 e. The smallest absolute Gasteiger partial charge is 0.317 e. The summed E-state index contributed by atoms with van der Waals surface area (Å²) in [5.74, 6) is 1.90. The van der Waals surface area contributed by atoms with Gasteiger partial charge in [-0.3, -0.25) is 0 Å². The number of carbonyl (C=O) groups is 1. The van der Waals surface area contributed by atoms with E-state index in [1.54, 1.807) is 7.11 Å². The number of hydrogen-bond acceptors (Lipinski definition) is 2. The number of hydrogen-bond donors (Lipinski definition) is 1. The first-order valence-electron chi connectivity index (χ1n) is 7.66. The van der Waals surface area contributed by atoms with E-state index in [0.717, 1.165) is 24.9 Å². The van der Waals surface area contributed by atoms with Gasteiger partial charge in [0.25, 0.3) is 0 Å². The van der Waals surface area contributed by atoms with E-state index >= 15 is 0 Å². The maximum absolute atomic E-state index is 12.3. The lowest BCUT2D eigenvalue weighted by Gasteiger charge is -2.25. The number of amides is 2. The third-order valence-electron chi connectivity index (χ3n) is 4.72. The van der Waals surface area contributed by atoms with Crippen LogP contribution < -0.4 is 5.32 Å². The fraction of sp³-hybridized carbons (Fsp3) is 0.933. The van der Waals surface area contributed by atoms with Gasteiger partial charge in [-0.05, 0) is 30.6 Å². The van der Waals surface area contributed by atoms with E-state index < -0.39 is 0 Å². The van der Waals surface area contributed by atoms with Crippen molar-refractivity contribution in [2.75, 3.05) is 26.8 Å². The van der Waals surface area contributed by atoms with Gasteiger partial charge in [0.05, 0.1) is 12.6 Å². The molecule has 0 aromatic heterocycles. The third kappa shape index (κ3) is 3.62. The molecule has 1 heterocycles. The summed E-state index contributed by atoms with van der Waals surface area (Å²) in [7, 11) is 1.69. The van der Waals surface area contributed by atoms with Crippen molar-refractivity contribution in [3.8, 4) is 0 Å². The molecular weight excluding hydrogens is 240 g/mol. The molecule has 2 fully saturated rings. The normalized spacial score (nSPS) is 28.3. The Labute approximate surface area is 116 Å². The van der Waals surface area contributed by atoms with E-state index in [2.05, 4.69) is 19.2 Å². The quantitative estimate of drug-likeness (QED) is 0.851. The molecule has 1 aliphatic carbocycles. The molecule has 2 rings (SSSR count). The third-order valence-corrected chi connectivity index (χ3v) is 4.72. The fourth-order valence-electron chi connectivity index (χ4n) is 3.40. The first-order valence-corrected chi connectivity index (χ1v) is 7.66. The van der Waals surface area contributed by atoms with E-state index in [1.807, 2.05) is 4.90 Å². The second-order valence-electron chi connectivity index (χ2n) is 6.46. The number of rotatable bonds is 4. The molecule has 0 bridgehead atoms. The average molecular weight is 268 g/mol. The molecule has 4 nitrogen and oxygen atoms in total. The lowest BCUT2D eigenvalue weighted by atomic mass is 9.82. The summed E-state index contributed by atoms with van der Waals surface area (Å²) in [4.78, 5) is 14.4. The Morgan fingerprint density at radius 1 is 1.26 bits per heavy atom. The summed E-state index contributed by atoms with van der Waals surface area (Å²) in [6, 6.07) is 0.213. The highest BCUT2D eigenvalue weighted by Gasteiger charge is 2.36. The number of nitrogens with zero attached hydrogens (tertiary/aromatic N) is 1. The van der Waals surface area contributed by atoms with Crippen LogP contribution in [0.3, 0.4) is 0 Å². The van der Waals surface area contributed by atoms with Crippen molar-refractivity contribution in [2.45, 2.75) is 45.6 Å². The van der Waals surface area contributed by atoms with Crippen LogP contribution in [-0.2, 0) is 4.74 Å². The van der Waals surface area contributed by atoms with Crippen molar-refractivity contribution in [1.29, 1.82) is 0 Å². The molecule has 2 amide bonds. The minimum absolute atomic E-state index is 0.102. The molecule has 4 heteroatoms. The van der Waals surface area contributed by atoms with Crippen LogP contribution in [0.1, 0.15) is 39.5 Å². The number of urea groups is 1. The Kier molecular flexibility index (Phi) is 5.08. The van der Waals surface area contributed by atoms with E-state index in [9.17, 15) is 4.79 Å². The largest absolute Gasteiger partial charge is 0.383 e. The number of carbonyl (C=O) groups excluding carboxylic acids is 1. The number of likely N-dealkylation sites (tertiary alicyclic amines) is 1. The summed E-state index contributed by atoms with van der Waals surface area (Å²) < 4.78 is 5.19. The number of methoxy groups -OCH3 is 1. The van der Waals surface area contributed by atoms with Gasteiger partial charge in [-0.25, -0.2) is 4.79 Å². The van der Waals surface area contributed by atoms with Gasteiger partial charge >= 0.3 is 6.03 Å². The van der Waals surface area contributed by atoms with Crippen molar-refractivity contribution in [1.82, 2.24) is 10.2 Å². The summed E-state index contributed by atoms with van der Waals surface area (Å²) in [5.41, 5.74) is 0. The van der Waals surface area contributed by atoms with Crippen LogP contribution in [0.5, 0.6) is 0 Å².